The summed E-state index contributed by atoms with van der Waals surface area (Å²) in [7, 11) is -3.40. The maximum Gasteiger partial charge on any atom is 0.337 e. The van der Waals surface area contributed by atoms with Gasteiger partial charge in [-0.05, 0) is 43.0 Å². The molecule has 0 radical (unpaired) electrons. The Hall–Kier alpha value is -2.28. The SMILES string of the molecule is CCCC[P+](CCCC)(CCCC)Cc1ccccc1.COC(=O)c1cc(C(=O)OC)cc(S(=O)(=O)[O-])c1. The molecule has 0 aliphatic heterocycles. The van der Waals surface area contributed by atoms with Gasteiger partial charge in [0.05, 0.1) is 54.9 Å². The van der Waals surface area contributed by atoms with E-state index in [1.807, 2.05) is 0 Å². The molecule has 0 saturated heterocycles. The molecule has 0 N–H and O–H groups in total. The van der Waals surface area contributed by atoms with Gasteiger partial charge in [0.1, 0.15) is 10.1 Å². The van der Waals surface area contributed by atoms with Crippen LogP contribution in [0.4, 0.5) is 0 Å². The summed E-state index contributed by atoms with van der Waals surface area (Å²) in [6.07, 6.45) is 14.4. The smallest absolute Gasteiger partial charge is 0.337 e. The fourth-order valence-electron chi connectivity index (χ4n) is 4.24. The van der Waals surface area contributed by atoms with Crippen molar-refractivity contribution in [2.75, 3.05) is 32.7 Å². The van der Waals surface area contributed by atoms with Crippen molar-refractivity contribution >= 4 is 29.3 Å². The lowest BCUT2D eigenvalue weighted by molar-refractivity contribution is 0.0598. The van der Waals surface area contributed by atoms with E-state index in [4.69, 9.17) is 0 Å². The number of carbonyl (C=O) groups excluding carboxylic acids is 2. The van der Waals surface area contributed by atoms with Crippen molar-refractivity contribution in [1.29, 1.82) is 0 Å². The molecule has 0 heterocycles. The third-order valence-electron chi connectivity index (χ3n) is 6.36. The molecule has 2 aromatic rings. The van der Waals surface area contributed by atoms with Gasteiger partial charge in [0.2, 0.25) is 0 Å². The number of ether oxygens (including phenoxy) is 2. The van der Waals surface area contributed by atoms with Crippen LogP contribution in [0.1, 0.15) is 85.6 Å². The molecule has 212 valence electrons. The summed E-state index contributed by atoms with van der Waals surface area (Å²) in [5, 5.41) is 0. The Labute approximate surface area is 229 Å². The van der Waals surface area contributed by atoms with E-state index in [2.05, 4.69) is 60.6 Å². The van der Waals surface area contributed by atoms with E-state index in [9.17, 15) is 22.6 Å². The van der Waals surface area contributed by atoms with E-state index in [1.54, 1.807) is 5.56 Å². The third kappa shape index (κ3) is 11.6. The number of unbranched alkanes of at least 4 members (excludes halogenated alkanes) is 3. The van der Waals surface area contributed by atoms with Gasteiger partial charge in [-0.2, -0.15) is 0 Å². The number of hydrogen-bond acceptors (Lipinski definition) is 7. The van der Waals surface area contributed by atoms with Gasteiger partial charge in [0.25, 0.3) is 0 Å². The molecular formula is C29H43O7PS. The third-order valence-corrected chi connectivity index (χ3v) is 12.0. The van der Waals surface area contributed by atoms with Crippen molar-refractivity contribution in [2.24, 2.45) is 0 Å². The van der Waals surface area contributed by atoms with Crippen LogP contribution in [0, 0.1) is 0 Å². The molecule has 0 aliphatic rings. The Kier molecular flexibility index (Phi) is 15.4. The lowest BCUT2D eigenvalue weighted by Crippen LogP contribution is -2.11. The molecule has 0 spiro atoms. The van der Waals surface area contributed by atoms with E-state index in [0.717, 1.165) is 32.4 Å². The quantitative estimate of drug-likeness (QED) is 0.141. The zero-order valence-corrected chi connectivity index (χ0v) is 25.1. The average Bonchev–Trinajstić information content (AvgIpc) is 2.93. The van der Waals surface area contributed by atoms with Gasteiger partial charge in [-0.15, -0.1) is 0 Å². The number of rotatable bonds is 14. The fraction of sp³-hybridized carbons (Fsp3) is 0.517. The first kappa shape index (κ1) is 33.7. The highest BCUT2D eigenvalue weighted by atomic mass is 32.2. The predicted octanol–water partition coefficient (Wildman–Crippen LogP) is 6.77. The molecule has 2 aromatic carbocycles. The van der Waals surface area contributed by atoms with Gasteiger partial charge in [-0.25, -0.2) is 18.0 Å². The van der Waals surface area contributed by atoms with Crippen molar-refractivity contribution < 1.29 is 32.0 Å². The van der Waals surface area contributed by atoms with Crippen LogP contribution in [-0.4, -0.2) is 57.6 Å². The molecular weight excluding hydrogens is 523 g/mol. The normalized spacial score (nSPS) is 11.3. The number of carbonyl (C=O) groups is 2. The van der Waals surface area contributed by atoms with E-state index >= 15 is 0 Å². The molecule has 9 heteroatoms. The van der Waals surface area contributed by atoms with Crippen LogP contribution >= 0.6 is 7.26 Å². The summed E-state index contributed by atoms with van der Waals surface area (Å²) >= 11 is 0. The van der Waals surface area contributed by atoms with Crippen LogP contribution < -0.4 is 0 Å². The molecule has 0 amide bonds. The summed E-state index contributed by atoms with van der Waals surface area (Å²) in [6, 6.07) is 14.0. The van der Waals surface area contributed by atoms with Crippen LogP contribution in [-0.2, 0) is 25.8 Å². The number of hydrogen-bond donors (Lipinski definition) is 0. The second-order valence-electron chi connectivity index (χ2n) is 9.40. The molecule has 0 atom stereocenters. The minimum atomic E-state index is -4.80. The highest BCUT2D eigenvalue weighted by molar-refractivity contribution is 7.85. The number of methoxy groups -OCH3 is 2. The van der Waals surface area contributed by atoms with E-state index in [0.29, 0.717) is 0 Å². The average molecular weight is 567 g/mol. The molecule has 7 nitrogen and oxygen atoms in total. The number of benzene rings is 2. The summed E-state index contributed by atoms with van der Waals surface area (Å²) in [4.78, 5) is 21.9. The lowest BCUT2D eigenvalue weighted by atomic mass is 10.1. The molecule has 0 fully saturated rings. The molecule has 2 rings (SSSR count). The Morgan fingerprint density at radius 1 is 0.763 bits per heavy atom. The first-order valence-electron chi connectivity index (χ1n) is 13.2. The van der Waals surface area contributed by atoms with E-state index < -0.39 is 34.2 Å². The van der Waals surface area contributed by atoms with Crippen molar-refractivity contribution in [1.82, 2.24) is 0 Å². The highest BCUT2D eigenvalue weighted by Crippen LogP contribution is 2.63. The first-order valence-corrected chi connectivity index (χ1v) is 17.2. The Morgan fingerprint density at radius 3 is 1.53 bits per heavy atom. The van der Waals surface area contributed by atoms with Gasteiger partial charge in [-0.3, -0.25) is 0 Å². The molecule has 0 bridgehead atoms. The summed E-state index contributed by atoms with van der Waals surface area (Å²) < 4.78 is 41.5. The van der Waals surface area contributed by atoms with E-state index in [-0.39, 0.29) is 11.1 Å². The van der Waals surface area contributed by atoms with Crippen molar-refractivity contribution in [3.05, 3.63) is 65.2 Å². The van der Waals surface area contributed by atoms with Crippen LogP contribution in [0.5, 0.6) is 0 Å². The zero-order chi connectivity index (χ0) is 28.6. The van der Waals surface area contributed by atoms with Crippen LogP contribution in [0.25, 0.3) is 0 Å². The highest BCUT2D eigenvalue weighted by Gasteiger charge is 2.35. The summed E-state index contributed by atoms with van der Waals surface area (Å²) in [6.45, 7) is 7.03. The van der Waals surface area contributed by atoms with Crippen molar-refractivity contribution in [2.45, 2.75) is 70.4 Å². The Balaban J connectivity index is 0.000000382. The van der Waals surface area contributed by atoms with Crippen LogP contribution in [0.3, 0.4) is 0 Å². The second kappa shape index (κ2) is 17.3. The standard InChI is InChI=1S/C19H34P.C10H10O7S/c1-4-7-15-20(16-8-5-2,17-9-6-3)18-19-13-11-10-12-14-19;1-16-9(11)6-3-7(10(12)17-2)5-8(4-6)18(13,14)15/h10-14H,4-9,15-18H2,1-3H3;3-5H,1-2H3,(H,13,14,15)/q+1;/p-1. The maximum atomic E-state index is 11.3. The van der Waals surface area contributed by atoms with Crippen LogP contribution in [0.15, 0.2) is 53.4 Å². The fourth-order valence-corrected chi connectivity index (χ4v) is 9.87. The zero-order valence-electron chi connectivity index (χ0n) is 23.4. The maximum absolute atomic E-state index is 11.3. The van der Waals surface area contributed by atoms with Gasteiger partial charge < -0.3 is 14.0 Å². The van der Waals surface area contributed by atoms with Crippen molar-refractivity contribution in [3.63, 3.8) is 0 Å². The van der Waals surface area contributed by atoms with Gasteiger partial charge >= 0.3 is 11.9 Å². The topological polar surface area (TPSA) is 110 Å². The Bertz CT molecular complexity index is 1050. The van der Waals surface area contributed by atoms with E-state index in [1.165, 1.54) is 63.2 Å². The largest absolute Gasteiger partial charge is 0.744 e. The first-order chi connectivity index (χ1) is 18.1. The monoisotopic (exact) mass is 566 g/mol. The number of esters is 2. The molecule has 38 heavy (non-hydrogen) atoms. The van der Waals surface area contributed by atoms with Gasteiger partial charge in [0, 0.05) is 7.26 Å². The lowest BCUT2D eigenvalue weighted by Gasteiger charge is -2.28. The Morgan fingerprint density at radius 2 is 1.18 bits per heavy atom. The van der Waals surface area contributed by atoms with Crippen molar-refractivity contribution in [3.8, 4) is 0 Å². The molecule has 0 aliphatic carbocycles. The minimum Gasteiger partial charge on any atom is -0.744 e. The second-order valence-corrected chi connectivity index (χ2v) is 15.1. The molecule has 0 aromatic heterocycles. The summed E-state index contributed by atoms with van der Waals surface area (Å²) in [5.74, 6) is -1.74. The minimum absolute atomic E-state index is 0.227. The van der Waals surface area contributed by atoms with Gasteiger partial charge in [0.15, 0.2) is 0 Å². The molecule has 0 saturated carbocycles. The van der Waals surface area contributed by atoms with Crippen LogP contribution in [0.2, 0.25) is 0 Å². The summed E-state index contributed by atoms with van der Waals surface area (Å²) in [5.41, 5.74) is 1.13. The predicted molar refractivity (Wildman–Crippen MR) is 153 cm³/mol. The van der Waals surface area contributed by atoms with Gasteiger partial charge in [-0.1, -0.05) is 70.4 Å². The molecule has 0 unspecified atom stereocenters.